The minimum absolute atomic E-state index is 0.0942. The lowest BCUT2D eigenvalue weighted by Gasteiger charge is -2.22. The Morgan fingerprint density at radius 1 is 1.08 bits per heavy atom. The second kappa shape index (κ2) is 7.21. The van der Waals surface area contributed by atoms with Crippen molar-refractivity contribution in [3.63, 3.8) is 0 Å². The van der Waals surface area contributed by atoms with Crippen LogP contribution in [-0.4, -0.2) is 18.1 Å². The van der Waals surface area contributed by atoms with Crippen LogP contribution in [0.4, 0.5) is 17.1 Å². The third kappa shape index (κ3) is 3.71. The Bertz CT molecular complexity index is 852. The molecule has 3 aromatic rings. The van der Waals surface area contributed by atoms with E-state index in [9.17, 15) is 4.79 Å². The van der Waals surface area contributed by atoms with Gasteiger partial charge in [0.1, 0.15) is 5.76 Å². The number of benzene rings is 2. The van der Waals surface area contributed by atoms with Gasteiger partial charge in [0, 0.05) is 18.3 Å². The summed E-state index contributed by atoms with van der Waals surface area (Å²) in [7, 11) is 1.98. The van der Waals surface area contributed by atoms with Gasteiger partial charge in [-0.2, -0.15) is 0 Å². The van der Waals surface area contributed by atoms with E-state index in [1.165, 1.54) is 0 Å². The molecule has 1 amide bonds. The number of para-hydroxylation sites is 3. The molecular weight excluding hydrogens is 314 g/mol. The first-order valence-electron chi connectivity index (χ1n) is 8.15. The Labute approximate surface area is 147 Å². The number of aryl methyl sites for hydroxylation is 2. The first-order valence-corrected chi connectivity index (χ1v) is 8.15. The fourth-order valence-electron chi connectivity index (χ4n) is 2.77. The number of carbonyl (C=O) groups is 1. The van der Waals surface area contributed by atoms with Gasteiger partial charge in [-0.05, 0) is 38.1 Å². The molecule has 0 bridgehead atoms. The largest absolute Gasteiger partial charge is 0.361 e. The molecule has 0 unspecified atom stereocenters. The number of aromatic nitrogens is 1. The standard InChI is InChI=1S/C20H21N3O2/c1-14-17(15(2)25-22-14)13-20(24)21-18-11-7-8-12-19(18)23(3)16-9-5-4-6-10-16/h4-12H,13H2,1-3H3,(H,21,24). The van der Waals surface area contributed by atoms with Gasteiger partial charge >= 0.3 is 0 Å². The van der Waals surface area contributed by atoms with Crippen molar-refractivity contribution < 1.29 is 9.32 Å². The predicted octanol–water partition coefficient (Wildman–Crippen LogP) is 4.24. The Kier molecular flexibility index (Phi) is 4.84. The lowest BCUT2D eigenvalue weighted by molar-refractivity contribution is -0.115. The smallest absolute Gasteiger partial charge is 0.229 e. The van der Waals surface area contributed by atoms with E-state index in [1.807, 2.05) is 80.4 Å². The fourth-order valence-corrected chi connectivity index (χ4v) is 2.77. The molecule has 5 heteroatoms. The summed E-state index contributed by atoms with van der Waals surface area (Å²) in [5.41, 5.74) is 4.34. The highest BCUT2D eigenvalue weighted by atomic mass is 16.5. The molecular formula is C20H21N3O2. The van der Waals surface area contributed by atoms with E-state index >= 15 is 0 Å². The van der Waals surface area contributed by atoms with E-state index in [2.05, 4.69) is 10.5 Å². The first kappa shape index (κ1) is 16.8. The summed E-state index contributed by atoms with van der Waals surface area (Å²) in [5, 5.41) is 6.90. The molecule has 0 atom stereocenters. The monoisotopic (exact) mass is 335 g/mol. The van der Waals surface area contributed by atoms with E-state index < -0.39 is 0 Å². The van der Waals surface area contributed by atoms with Crippen molar-refractivity contribution >= 4 is 23.0 Å². The molecule has 0 aliphatic carbocycles. The Hall–Kier alpha value is -3.08. The number of hydrogen-bond acceptors (Lipinski definition) is 4. The number of hydrogen-bond donors (Lipinski definition) is 1. The van der Waals surface area contributed by atoms with Crippen molar-refractivity contribution in [2.24, 2.45) is 0 Å². The molecule has 0 saturated carbocycles. The molecule has 3 rings (SSSR count). The van der Waals surface area contributed by atoms with Crippen LogP contribution in [0.25, 0.3) is 0 Å². The van der Waals surface area contributed by atoms with Crippen molar-refractivity contribution in [3.8, 4) is 0 Å². The average Bonchev–Trinajstić information content (AvgIpc) is 2.94. The van der Waals surface area contributed by atoms with Crippen LogP contribution in [0.1, 0.15) is 17.0 Å². The van der Waals surface area contributed by atoms with Gasteiger partial charge in [0.15, 0.2) is 0 Å². The number of anilines is 3. The highest BCUT2D eigenvalue weighted by molar-refractivity contribution is 5.96. The molecule has 0 aliphatic rings. The number of nitrogens with zero attached hydrogens (tertiary/aromatic N) is 2. The Balaban J connectivity index is 1.80. The topological polar surface area (TPSA) is 58.4 Å². The van der Waals surface area contributed by atoms with Crippen LogP contribution >= 0.6 is 0 Å². The van der Waals surface area contributed by atoms with Gasteiger partial charge in [0.25, 0.3) is 0 Å². The molecule has 25 heavy (non-hydrogen) atoms. The number of nitrogens with one attached hydrogen (secondary N) is 1. The molecule has 1 aromatic heterocycles. The number of amides is 1. The van der Waals surface area contributed by atoms with Crippen LogP contribution in [0, 0.1) is 13.8 Å². The van der Waals surface area contributed by atoms with Crippen molar-refractivity contribution in [1.82, 2.24) is 5.16 Å². The molecule has 2 aromatic carbocycles. The first-order chi connectivity index (χ1) is 12.1. The average molecular weight is 335 g/mol. The molecule has 0 fully saturated rings. The number of carbonyl (C=O) groups excluding carboxylic acids is 1. The summed E-state index contributed by atoms with van der Waals surface area (Å²) in [6.07, 6.45) is 0.241. The van der Waals surface area contributed by atoms with E-state index in [-0.39, 0.29) is 12.3 Å². The maximum atomic E-state index is 12.5. The van der Waals surface area contributed by atoms with E-state index in [1.54, 1.807) is 0 Å². The second-order valence-corrected chi connectivity index (χ2v) is 5.94. The Morgan fingerprint density at radius 3 is 2.44 bits per heavy atom. The van der Waals surface area contributed by atoms with Crippen molar-refractivity contribution in [1.29, 1.82) is 0 Å². The maximum Gasteiger partial charge on any atom is 0.229 e. The van der Waals surface area contributed by atoms with Crippen LogP contribution in [-0.2, 0) is 11.2 Å². The highest BCUT2D eigenvalue weighted by Crippen LogP contribution is 2.30. The van der Waals surface area contributed by atoms with Crippen LogP contribution in [0.15, 0.2) is 59.1 Å². The minimum atomic E-state index is -0.0942. The maximum absolute atomic E-state index is 12.5. The summed E-state index contributed by atoms with van der Waals surface area (Å²) < 4.78 is 5.13. The molecule has 0 saturated heterocycles. The van der Waals surface area contributed by atoms with Gasteiger partial charge in [-0.3, -0.25) is 4.79 Å². The summed E-state index contributed by atoms with van der Waals surface area (Å²) >= 11 is 0. The van der Waals surface area contributed by atoms with Crippen LogP contribution in [0.2, 0.25) is 0 Å². The van der Waals surface area contributed by atoms with Crippen molar-refractivity contribution in [2.45, 2.75) is 20.3 Å². The molecule has 0 radical (unpaired) electrons. The van der Waals surface area contributed by atoms with Crippen LogP contribution < -0.4 is 10.2 Å². The third-order valence-electron chi connectivity index (χ3n) is 4.20. The lowest BCUT2D eigenvalue weighted by atomic mass is 10.1. The summed E-state index contributed by atoms with van der Waals surface area (Å²) in [6.45, 7) is 3.66. The number of rotatable bonds is 5. The van der Waals surface area contributed by atoms with Crippen LogP contribution in [0.3, 0.4) is 0 Å². The normalized spacial score (nSPS) is 10.5. The summed E-state index contributed by atoms with van der Waals surface area (Å²) in [4.78, 5) is 14.5. The Morgan fingerprint density at radius 2 is 1.76 bits per heavy atom. The lowest BCUT2D eigenvalue weighted by Crippen LogP contribution is -2.18. The summed E-state index contributed by atoms with van der Waals surface area (Å²) in [5.74, 6) is 0.589. The van der Waals surface area contributed by atoms with Gasteiger partial charge in [-0.1, -0.05) is 35.5 Å². The molecule has 5 nitrogen and oxygen atoms in total. The zero-order valence-electron chi connectivity index (χ0n) is 14.6. The highest BCUT2D eigenvalue weighted by Gasteiger charge is 2.15. The van der Waals surface area contributed by atoms with E-state index in [0.29, 0.717) is 5.76 Å². The minimum Gasteiger partial charge on any atom is -0.361 e. The van der Waals surface area contributed by atoms with Gasteiger partial charge in [-0.15, -0.1) is 0 Å². The third-order valence-corrected chi connectivity index (χ3v) is 4.20. The molecule has 0 aliphatic heterocycles. The van der Waals surface area contributed by atoms with Crippen molar-refractivity contribution in [2.75, 3.05) is 17.3 Å². The molecule has 1 heterocycles. The predicted molar refractivity (Wildman–Crippen MR) is 99.3 cm³/mol. The van der Waals surface area contributed by atoms with Gasteiger partial charge in [0.2, 0.25) is 5.91 Å². The zero-order chi connectivity index (χ0) is 17.8. The van der Waals surface area contributed by atoms with Gasteiger partial charge in [-0.25, -0.2) is 0 Å². The molecule has 128 valence electrons. The SMILES string of the molecule is Cc1noc(C)c1CC(=O)Nc1ccccc1N(C)c1ccccc1. The van der Waals surface area contributed by atoms with E-state index in [4.69, 9.17) is 4.52 Å². The molecule has 0 spiro atoms. The summed E-state index contributed by atoms with van der Waals surface area (Å²) in [6, 6.07) is 17.8. The van der Waals surface area contributed by atoms with E-state index in [0.717, 1.165) is 28.3 Å². The van der Waals surface area contributed by atoms with Gasteiger partial charge < -0.3 is 14.7 Å². The van der Waals surface area contributed by atoms with Crippen LogP contribution in [0.5, 0.6) is 0 Å². The zero-order valence-corrected chi connectivity index (χ0v) is 14.6. The fraction of sp³-hybridized carbons (Fsp3) is 0.200. The van der Waals surface area contributed by atoms with Gasteiger partial charge in [0.05, 0.1) is 23.5 Å². The quantitative estimate of drug-likeness (QED) is 0.757. The molecule has 1 N–H and O–H groups in total. The van der Waals surface area contributed by atoms with Crippen molar-refractivity contribution in [3.05, 3.63) is 71.6 Å². The second-order valence-electron chi connectivity index (χ2n) is 5.94.